The predicted octanol–water partition coefficient (Wildman–Crippen LogP) is 2.61. The summed E-state index contributed by atoms with van der Waals surface area (Å²) in [6, 6.07) is 8.82. The van der Waals surface area contributed by atoms with Crippen molar-refractivity contribution in [3.8, 4) is 0 Å². The van der Waals surface area contributed by atoms with Crippen molar-refractivity contribution >= 4 is 0 Å². The van der Waals surface area contributed by atoms with Gasteiger partial charge in [-0.25, -0.2) is 0 Å². The fourth-order valence-electron chi connectivity index (χ4n) is 2.23. The molecule has 2 N–H and O–H groups in total. The van der Waals surface area contributed by atoms with Crippen molar-refractivity contribution in [3.63, 3.8) is 0 Å². The molecule has 2 rings (SSSR count). The van der Waals surface area contributed by atoms with Crippen LogP contribution in [0.3, 0.4) is 0 Å². The lowest BCUT2D eigenvalue weighted by atomic mass is 10.00. The summed E-state index contributed by atoms with van der Waals surface area (Å²) in [5.74, 6) is 1.30. The van der Waals surface area contributed by atoms with Gasteiger partial charge < -0.3 is 10.5 Å². The largest absolute Gasteiger partial charge is 0.380 e. The minimum absolute atomic E-state index is 0.442. The van der Waals surface area contributed by atoms with Crippen LogP contribution in [0, 0.1) is 5.92 Å². The van der Waals surface area contributed by atoms with Crippen molar-refractivity contribution in [2.24, 2.45) is 11.7 Å². The lowest BCUT2D eigenvalue weighted by Crippen LogP contribution is -2.23. The monoisotopic (exact) mass is 276 g/mol. The molecule has 112 valence electrons. The standard InChI is InChI=1S/C17H28N2O/c1-14(11-18)17-7-5-15(6-8-17)12-19(2)9-10-20-13-16-3-4-16/h5-8,14,16H,3-4,9-13,18H2,1-2H3. The number of nitrogens with two attached hydrogens (primary N) is 1. The molecule has 3 heteroatoms. The molecule has 0 spiro atoms. The molecular weight excluding hydrogens is 248 g/mol. The first kappa shape index (κ1) is 15.5. The normalized spacial score (nSPS) is 16.6. The van der Waals surface area contributed by atoms with E-state index in [1.54, 1.807) is 0 Å². The maximum absolute atomic E-state index is 5.69. The number of nitrogens with zero attached hydrogens (tertiary/aromatic N) is 1. The molecule has 1 fully saturated rings. The molecule has 0 heterocycles. The van der Waals surface area contributed by atoms with E-state index >= 15 is 0 Å². The van der Waals surface area contributed by atoms with Crippen LogP contribution in [0.25, 0.3) is 0 Å². The topological polar surface area (TPSA) is 38.5 Å². The van der Waals surface area contributed by atoms with Gasteiger partial charge in [-0.1, -0.05) is 31.2 Å². The second-order valence-corrected chi connectivity index (χ2v) is 6.13. The second-order valence-electron chi connectivity index (χ2n) is 6.13. The molecule has 1 saturated carbocycles. The third-order valence-electron chi connectivity index (χ3n) is 4.02. The molecule has 1 aromatic rings. The molecule has 0 amide bonds. The van der Waals surface area contributed by atoms with Crippen LogP contribution >= 0.6 is 0 Å². The van der Waals surface area contributed by atoms with Crippen LogP contribution in [0.2, 0.25) is 0 Å². The Morgan fingerprint density at radius 2 is 2.00 bits per heavy atom. The van der Waals surface area contributed by atoms with Crippen molar-refractivity contribution in [1.82, 2.24) is 4.90 Å². The molecule has 3 nitrogen and oxygen atoms in total. The number of likely N-dealkylation sites (N-methyl/N-ethyl adjacent to an activating group) is 1. The van der Waals surface area contributed by atoms with Gasteiger partial charge >= 0.3 is 0 Å². The van der Waals surface area contributed by atoms with Crippen molar-refractivity contribution in [3.05, 3.63) is 35.4 Å². The van der Waals surface area contributed by atoms with Crippen LogP contribution in [0.15, 0.2) is 24.3 Å². The van der Waals surface area contributed by atoms with E-state index in [0.717, 1.165) is 32.2 Å². The minimum Gasteiger partial charge on any atom is -0.380 e. The molecule has 0 saturated heterocycles. The lowest BCUT2D eigenvalue weighted by Gasteiger charge is -2.17. The molecule has 0 aliphatic heterocycles. The Hall–Kier alpha value is -0.900. The van der Waals surface area contributed by atoms with Crippen LogP contribution in [-0.4, -0.2) is 38.3 Å². The fourth-order valence-corrected chi connectivity index (χ4v) is 2.23. The summed E-state index contributed by atoms with van der Waals surface area (Å²) in [6.45, 7) is 6.64. The van der Waals surface area contributed by atoms with Crippen LogP contribution in [0.1, 0.15) is 36.8 Å². The van der Waals surface area contributed by atoms with Crippen LogP contribution in [-0.2, 0) is 11.3 Å². The first-order chi connectivity index (χ1) is 9.69. The highest BCUT2D eigenvalue weighted by Crippen LogP contribution is 2.28. The Bertz CT molecular complexity index is 386. The number of hydrogen-bond donors (Lipinski definition) is 1. The van der Waals surface area contributed by atoms with E-state index in [1.807, 2.05) is 0 Å². The second kappa shape index (κ2) is 7.77. The average molecular weight is 276 g/mol. The highest BCUT2D eigenvalue weighted by atomic mass is 16.5. The summed E-state index contributed by atoms with van der Waals surface area (Å²) in [6.07, 6.45) is 2.73. The Labute approximate surface area is 123 Å². The van der Waals surface area contributed by atoms with Crippen LogP contribution < -0.4 is 5.73 Å². The molecular formula is C17H28N2O. The Morgan fingerprint density at radius 3 is 2.60 bits per heavy atom. The molecule has 0 bridgehead atoms. The first-order valence-electron chi connectivity index (χ1n) is 7.74. The zero-order valence-corrected chi connectivity index (χ0v) is 12.8. The smallest absolute Gasteiger partial charge is 0.0593 e. The molecule has 1 aliphatic carbocycles. The van der Waals surface area contributed by atoms with E-state index in [9.17, 15) is 0 Å². The van der Waals surface area contributed by atoms with Gasteiger partial charge in [0, 0.05) is 19.7 Å². The summed E-state index contributed by atoms with van der Waals surface area (Å²) in [7, 11) is 2.15. The van der Waals surface area contributed by atoms with Gasteiger partial charge in [0.1, 0.15) is 0 Å². The van der Waals surface area contributed by atoms with Gasteiger partial charge in [-0.15, -0.1) is 0 Å². The van der Waals surface area contributed by atoms with Crippen LogP contribution in [0.4, 0.5) is 0 Å². The van der Waals surface area contributed by atoms with Crippen molar-refractivity contribution in [2.45, 2.75) is 32.2 Å². The molecule has 0 radical (unpaired) electrons. The van der Waals surface area contributed by atoms with Gasteiger partial charge in [-0.3, -0.25) is 4.90 Å². The SMILES string of the molecule is CC(CN)c1ccc(CN(C)CCOCC2CC2)cc1. The van der Waals surface area contributed by atoms with E-state index < -0.39 is 0 Å². The summed E-state index contributed by atoms with van der Waals surface area (Å²) in [5.41, 5.74) is 8.37. The van der Waals surface area contributed by atoms with Crippen molar-refractivity contribution in [2.75, 3.05) is 33.4 Å². The zero-order chi connectivity index (χ0) is 14.4. The predicted molar refractivity (Wildman–Crippen MR) is 83.8 cm³/mol. The molecule has 20 heavy (non-hydrogen) atoms. The number of rotatable bonds is 9. The summed E-state index contributed by atoms with van der Waals surface area (Å²) in [4.78, 5) is 2.31. The van der Waals surface area contributed by atoms with Crippen LogP contribution in [0.5, 0.6) is 0 Å². The van der Waals surface area contributed by atoms with Gasteiger partial charge in [0.2, 0.25) is 0 Å². The zero-order valence-electron chi connectivity index (χ0n) is 12.8. The maximum atomic E-state index is 5.69. The van der Waals surface area contributed by atoms with E-state index in [0.29, 0.717) is 12.5 Å². The average Bonchev–Trinajstić information content (AvgIpc) is 3.28. The molecule has 1 aromatic carbocycles. The highest BCUT2D eigenvalue weighted by Gasteiger charge is 2.20. The Kier molecular flexibility index (Phi) is 6.02. The van der Waals surface area contributed by atoms with E-state index in [1.165, 1.54) is 24.0 Å². The minimum atomic E-state index is 0.442. The highest BCUT2D eigenvalue weighted by molar-refractivity contribution is 5.25. The van der Waals surface area contributed by atoms with E-state index in [-0.39, 0.29) is 0 Å². The van der Waals surface area contributed by atoms with Gasteiger partial charge in [-0.2, -0.15) is 0 Å². The fraction of sp³-hybridized carbons (Fsp3) is 0.647. The van der Waals surface area contributed by atoms with Crippen molar-refractivity contribution in [1.29, 1.82) is 0 Å². The lowest BCUT2D eigenvalue weighted by molar-refractivity contribution is 0.102. The van der Waals surface area contributed by atoms with Gasteiger partial charge in [-0.05, 0) is 49.4 Å². The molecule has 0 aromatic heterocycles. The summed E-state index contributed by atoms with van der Waals surface area (Å²) in [5, 5.41) is 0. The molecule has 1 atom stereocenters. The van der Waals surface area contributed by atoms with E-state index in [4.69, 9.17) is 10.5 Å². The summed E-state index contributed by atoms with van der Waals surface area (Å²) >= 11 is 0. The van der Waals surface area contributed by atoms with Crippen molar-refractivity contribution < 1.29 is 4.74 Å². The quantitative estimate of drug-likeness (QED) is 0.705. The summed E-state index contributed by atoms with van der Waals surface area (Å²) < 4.78 is 5.68. The van der Waals surface area contributed by atoms with E-state index in [2.05, 4.69) is 43.1 Å². The van der Waals surface area contributed by atoms with Gasteiger partial charge in [0.05, 0.1) is 6.61 Å². The van der Waals surface area contributed by atoms with Gasteiger partial charge in [0.15, 0.2) is 0 Å². The maximum Gasteiger partial charge on any atom is 0.0593 e. The Balaban J connectivity index is 1.68. The third kappa shape index (κ3) is 5.23. The Morgan fingerprint density at radius 1 is 1.30 bits per heavy atom. The molecule has 1 aliphatic rings. The number of ether oxygens (including phenoxy) is 1. The first-order valence-corrected chi connectivity index (χ1v) is 7.74. The number of benzene rings is 1. The number of hydrogen-bond acceptors (Lipinski definition) is 3. The third-order valence-corrected chi connectivity index (χ3v) is 4.02. The molecule has 1 unspecified atom stereocenters. The van der Waals surface area contributed by atoms with Gasteiger partial charge in [0.25, 0.3) is 0 Å².